The maximum Gasteiger partial charge on any atom is 0.276 e. The second kappa shape index (κ2) is 6.07. The number of nitrogens with one attached hydrogen (secondary N) is 1. The summed E-state index contributed by atoms with van der Waals surface area (Å²) in [5.74, 6) is 0.462. The van der Waals surface area contributed by atoms with E-state index in [1.807, 2.05) is 31.2 Å². The number of nitrogens with zero attached hydrogens (tertiary/aromatic N) is 3. The molecule has 0 radical (unpaired) electrons. The number of pyridine rings is 1. The van der Waals surface area contributed by atoms with Gasteiger partial charge in [0.15, 0.2) is 0 Å². The normalized spacial score (nSPS) is 10.6. The predicted octanol–water partition coefficient (Wildman–Crippen LogP) is 2.91. The van der Waals surface area contributed by atoms with Crippen LogP contribution in [0, 0.1) is 0 Å². The van der Waals surface area contributed by atoms with Gasteiger partial charge in [-0.2, -0.15) is 0 Å². The third kappa shape index (κ3) is 2.89. The summed E-state index contributed by atoms with van der Waals surface area (Å²) in [6.45, 7) is 1.99. The molecule has 112 valence electrons. The minimum Gasteiger partial charge on any atom is -0.497 e. The fourth-order valence-electron chi connectivity index (χ4n) is 1.97. The summed E-state index contributed by atoms with van der Waals surface area (Å²) < 4.78 is 5.17. The van der Waals surface area contributed by atoms with Gasteiger partial charge in [0.1, 0.15) is 16.5 Å². The van der Waals surface area contributed by atoms with Crippen LogP contribution in [-0.4, -0.2) is 28.2 Å². The fraction of sp³-hybridized carbons (Fsp3) is 0.200. The molecule has 6 nitrogen and oxygen atoms in total. The van der Waals surface area contributed by atoms with E-state index in [-0.39, 0.29) is 5.91 Å². The molecular formula is C15H14N4O2S. The van der Waals surface area contributed by atoms with Crippen LogP contribution in [0.15, 0.2) is 30.3 Å². The number of hydrogen-bond acceptors (Lipinski definition) is 6. The van der Waals surface area contributed by atoms with E-state index in [2.05, 4.69) is 20.5 Å². The summed E-state index contributed by atoms with van der Waals surface area (Å²) in [5.41, 5.74) is 1.07. The number of aryl methyl sites for hydroxylation is 1. The molecule has 0 saturated heterocycles. The first-order chi connectivity index (χ1) is 10.7. The number of benzene rings is 1. The molecule has 3 rings (SSSR count). The Kier molecular flexibility index (Phi) is 3.97. The highest BCUT2D eigenvalue weighted by Gasteiger charge is 2.11. The number of amides is 1. The van der Waals surface area contributed by atoms with Gasteiger partial charge < -0.3 is 4.74 Å². The lowest BCUT2D eigenvalue weighted by molar-refractivity contribution is 0.102. The Balaban J connectivity index is 1.84. The van der Waals surface area contributed by atoms with E-state index in [0.717, 1.165) is 28.1 Å². The molecule has 0 fully saturated rings. The molecule has 0 aliphatic heterocycles. The van der Waals surface area contributed by atoms with Crippen LogP contribution in [0.25, 0.3) is 10.9 Å². The van der Waals surface area contributed by atoms with Crippen molar-refractivity contribution in [3.63, 3.8) is 0 Å². The van der Waals surface area contributed by atoms with Gasteiger partial charge in [0.05, 0.1) is 12.6 Å². The highest BCUT2D eigenvalue weighted by Crippen LogP contribution is 2.20. The van der Waals surface area contributed by atoms with Crippen molar-refractivity contribution in [1.82, 2.24) is 15.2 Å². The van der Waals surface area contributed by atoms with Crippen LogP contribution in [0.4, 0.5) is 5.13 Å². The number of hydrogen-bond donors (Lipinski definition) is 1. The standard InChI is InChI=1S/C15H14N4O2S/c1-3-13-18-19-15(22-13)17-14(20)12-6-4-9-8-10(21-2)5-7-11(9)16-12/h4-8H,3H2,1-2H3,(H,17,19,20). The number of aromatic nitrogens is 3. The van der Waals surface area contributed by atoms with E-state index < -0.39 is 0 Å². The largest absolute Gasteiger partial charge is 0.497 e. The van der Waals surface area contributed by atoms with Crippen molar-refractivity contribution in [2.75, 3.05) is 12.4 Å². The fourth-order valence-corrected chi connectivity index (χ4v) is 2.64. The molecular weight excluding hydrogens is 300 g/mol. The SMILES string of the molecule is CCc1nnc(NC(=O)c2ccc3cc(OC)ccc3n2)s1. The van der Waals surface area contributed by atoms with Crippen molar-refractivity contribution < 1.29 is 9.53 Å². The van der Waals surface area contributed by atoms with Crippen molar-refractivity contribution in [3.05, 3.63) is 41.0 Å². The van der Waals surface area contributed by atoms with Gasteiger partial charge in [-0.25, -0.2) is 4.98 Å². The molecule has 0 spiro atoms. The van der Waals surface area contributed by atoms with Crippen LogP contribution < -0.4 is 10.1 Å². The van der Waals surface area contributed by atoms with E-state index in [1.165, 1.54) is 11.3 Å². The Bertz CT molecular complexity index is 831. The van der Waals surface area contributed by atoms with Crippen LogP contribution >= 0.6 is 11.3 Å². The number of anilines is 1. The molecule has 2 aromatic heterocycles. The van der Waals surface area contributed by atoms with Crippen LogP contribution in [0.1, 0.15) is 22.4 Å². The van der Waals surface area contributed by atoms with Crippen molar-refractivity contribution in [3.8, 4) is 5.75 Å². The van der Waals surface area contributed by atoms with Crippen molar-refractivity contribution in [2.24, 2.45) is 0 Å². The van der Waals surface area contributed by atoms with Gasteiger partial charge in [-0.3, -0.25) is 10.1 Å². The zero-order valence-corrected chi connectivity index (χ0v) is 13.0. The summed E-state index contributed by atoms with van der Waals surface area (Å²) >= 11 is 1.37. The predicted molar refractivity (Wildman–Crippen MR) is 85.5 cm³/mol. The minimum absolute atomic E-state index is 0.295. The summed E-state index contributed by atoms with van der Waals surface area (Å²) in [6, 6.07) is 9.04. The van der Waals surface area contributed by atoms with Crippen molar-refractivity contribution in [1.29, 1.82) is 0 Å². The maximum atomic E-state index is 12.2. The van der Waals surface area contributed by atoms with Gasteiger partial charge in [0.25, 0.3) is 5.91 Å². The van der Waals surface area contributed by atoms with Gasteiger partial charge in [-0.05, 0) is 30.7 Å². The van der Waals surface area contributed by atoms with Crippen molar-refractivity contribution in [2.45, 2.75) is 13.3 Å². The molecule has 0 atom stereocenters. The Morgan fingerprint density at radius 1 is 1.27 bits per heavy atom. The summed E-state index contributed by atoms with van der Waals surface area (Å²) in [6.07, 6.45) is 0.795. The van der Waals surface area contributed by atoms with Crippen LogP contribution in [-0.2, 0) is 6.42 Å². The van der Waals surface area contributed by atoms with Gasteiger partial charge in [-0.15, -0.1) is 10.2 Å². The lowest BCUT2D eigenvalue weighted by Crippen LogP contribution is -2.13. The van der Waals surface area contributed by atoms with Crippen LogP contribution in [0.2, 0.25) is 0 Å². The molecule has 0 unspecified atom stereocenters. The number of rotatable bonds is 4. The smallest absolute Gasteiger partial charge is 0.276 e. The summed E-state index contributed by atoms with van der Waals surface area (Å²) in [4.78, 5) is 16.6. The van der Waals surface area contributed by atoms with Gasteiger partial charge in [0, 0.05) is 5.39 Å². The third-order valence-electron chi connectivity index (χ3n) is 3.12. The number of fused-ring (bicyclic) bond motifs is 1. The highest BCUT2D eigenvalue weighted by molar-refractivity contribution is 7.15. The molecule has 0 aliphatic rings. The van der Waals surface area contributed by atoms with Crippen molar-refractivity contribution >= 4 is 33.3 Å². The third-order valence-corrected chi connectivity index (χ3v) is 4.10. The quantitative estimate of drug-likeness (QED) is 0.801. The average molecular weight is 314 g/mol. The molecule has 0 bridgehead atoms. The van der Waals surface area contributed by atoms with Gasteiger partial charge in [0.2, 0.25) is 5.13 Å². The van der Waals surface area contributed by atoms with E-state index in [4.69, 9.17) is 4.74 Å². The lowest BCUT2D eigenvalue weighted by Gasteiger charge is -2.04. The minimum atomic E-state index is -0.295. The van der Waals surface area contributed by atoms with E-state index in [9.17, 15) is 4.79 Å². The molecule has 2 heterocycles. The first-order valence-electron chi connectivity index (χ1n) is 6.78. The zero-order chi connectivity index (χ0) is 15.5. The maximum absolute atomic E-state index is 12.2. The summed E-state index contributed by atoms with van der Waals surface area (Å²) in [5, 5.41) is 12.9. The van der Waals surface area contributed by atoms with Crippen LogP contribution in [0.5, 0.6) is 5.75 Å². The van der Waals surface area contributed by atoms with Gasteiger partial charge in [-0.1, -0.05) is 24.3 Å². The monoisotopic (exact) mass is 314 g/mol. The van der Waals surface area contributed by atoms with Crippen LogP contribution in [0.3, 0.4) is 0 Å². The number of methoxy groups -OCH3 is 1. The summed E-state index contributed by atoms with van der Waals surface area (Å²) in [7, 11) is 1.61. The molecule has 1 aromatic carbocycles. The topological polar surface area (TPSA) is 77.0 Å². The Labute approximate surface area is 131 Å². The molecule has 1 amide bonds. The second-order valence-corrected chi connectivity index (χ2v) is 5.63. The number of carbonyl (C=O) groups is 1. The van der Waals surface area contributed by atoms with Gasteiger partial charge >= 0.3 is 0 Å². The highest BCUT2D eigenvalue weighted by atomic mass is 32.1. The Morgan fingerprint density at radius 3 is 2.86 bits per heavy atom. The second-order valence-electron chi connectivity index (χ2n) is 4.56. The molecule has 7 heteroatoms. The number of ether oxygens (including phenoxy) is 1. The van der Waals surface area contributed by atoms with E-state index in [0.29, 0.717) is 10.8 Å². The molecule has 1 N–H and O–H groups in total. The Hall–Kier alpha value is -2.54. The Morgan fingerprint density at radius 2 is 2.14 bits per heavy atom. The average Bonchev–Trinajstić information content (AvgIpc) is 3.01. The lowest BCUT2D eigenvalue weighted by atomic mass is 10.2. The molecule has 0 saturated carbocycles. The van der Waals surface area contributed by atoms with E-state index in [1.54, 1.807) is 13.2 Å². The van der Waals surface area contributed by atoms with E-state index >= 15 is 0 Å². The first kappa shape index (κ1) is 14.4. The number of carbonyl (C=O) groups excluding carboxylic acids is 1. The molecule has 3 aromatic rings. The first-order valence-corrected chi connectivity index (χ1v) is 7.60. The molecule has 0 aliphatic carbocycles. The molecule has 22 heavy (non-hydrogen) atoms. The zero-order valence-electron chi connectivity index (χ0n) is 12.2.